The largest absolute Gasteiger partial charge is 0.464 e. The van der Waals surface area contributed by atoms with Crippen LogP contribution in [0, 0.1) is 24.0 Å². The molecule has 0 N–H and O–H groups in total. The molecule has 1 aromatic heterocycles. The highest BCUT2D eigenvalue weighted by Gasteiger charge is 2.25. The van der Waals surface area contributed by atoms with Gasteiger partial charge in [0, 0.05) is 43.5 Å². The lowest BCUT2D eigenvalue weighted by molar-refractivity contribution is -0.385. The number of furan rings is 1. The van der Waals surface area contributed by atoms with E-state index in [0.29, 0.717) is 37.5 Å². The minimum absolute atomic E-state index is 0.134. The number of hydrogen-bond acceptors (Lipinski definition) is 6. The summed E-state index contributed by atoms with van der Waals surface area (Å²) in [6, 6.07) is 17.6. The van der Waals surface area contributed by atoms with Crippen molar-refractivity contribution >= 4 is 17.5 Å². The first-order valence-corrected chi connectivity index (χ1v) is 12.3. The molecule has 9 nitrogen and oxygen atoms in total. The highest BCUT2D eigenvalue weighted by Crippen LogP contribution is 2.21. The molecule has 0 aliphatic rings. The Morgan fingerprint density at radius 1 is 1.00 bits per heavy atom. The molecule has 196 valence electrons. The quantitative estimate of drug-likeness (QED) is 0.185. The number of nitro benzene ring substituents is 1. The predicted molar refractivity (Wildman–Crippen MR) is 139 cm³/mol. The first-order chi connectivity index (χ1) is 17.8. The lowest BCUT2D eigenvalue weighted by Crippen LogP contribution is -2.43. The van der Waals surface area contributed by atoms with Crippen LogP contribution in [0.3, 0.4) is 0 Å². The molecule has 9 heteroatoms. The second-order valence-corrected chi connectivity index (χ2v) is 8.78. The number of amides is 2. The summed E-state index contributed by atoms with van der Waals surface area (Å²) in [5, 5.41) is 11.4. The molecule has 0 bridgehead atoms. The summed E-state index contributed by atoms with van der Waals surface area (Å²) in [5.41, 5.74) is 1.44. The summed E-state index contributed by atoms with van der Waals surface area (Å²) in [6.07, 6.45) is 0.525. The Balaban J connectivity index is 1.84. The van der Waals surface area contributed by atoms with Crippen molar-refractivity contribution in [3.8, 4) is 0 Å². The molecule has 0 fully saturated rings. The molecule has 0 spiro atoms. The van der Waals surface area contributed by atoms with Gasteiger partial charge in [0.1, 0.15) is 18.1 Å². The number of carbonyl (C=O) groups is 2. The predicted octanol–water partition coefficient (Wildman–Crippen LogP) is 4.90. The fraction of sp³-hybridized carbons (Fsp3) is 0.357. The van der Waals surface area contributed by atoms with Crippen molar-refractivity contribution in [3.63, 3.8) is 0 Å². The van der Waals surface area contributed by atoms with Gasteiger partial charge in [-0.1, -0.05) is 36.4 Å². The third kappa shape index (κ3) is 8.01. The Bertz CT molecular complexity index is 1210. The van der Waals surface area contributed by atoms with E-state index in [9.17, 15) is 19.7 Å². The van der Waals surface area contributed by atoms with Gasteiger partial charge in [0.05, 0.1) is 11.5 Å². The van der Waals surface area contributed by atoms with Gasteiger partial charge >= 0.3 is 0 Å². The number of nitrogens with zero attached hydrogens (tertiary/aromatic N) is 3. The number of hydrogen-bond donors (Lipinski definition) is 0. The number of nitro groups is 1. The third-order valence-corrected chi connectivity index (χ3v) is 5.90. The number of benzene rings is 2. The van der Waals surface area contributed by atoms with Gasteiger partial charge in [-0.15, -0.1) is 0 Å². The fourth-order valence-corrected chi connectivity index (χ4v) is 3.93. The number of carbonyl (C=O) groups excluding carboxylic acids is 2. The Hall–Kier alpha value is -3.98. The van der Waals surface area contributed by atoms with Crippen LogP contribution >= 0.6 is 0 Å². The summed E-state index contributed by atoms with van der Waals surface area (Å²) in [4.78, 5) is 41.0. The SMILES string of the molecule is CCOCCCN(CC(=O)N(Cc1ccccc1)Cc1ccc(C)o1)C(=O)c1ccc(C)c([N+](=O)[O-])c1. The molecule has 37 heavy (non-hydrogen) atoms. The maximum atomic E-state index is 13.6. The van der Waals surface area contributed by atoms with E-state index < -0.39 is 10.8 Å². The van der Waals surface area contributed by atoms with E-state index >= 15 is 0 Å². The molecule has 2 aromatic carbocycles. The van der Waals surface area contributed by atoms with Crippen LogP contribution in [-0.2, 0) is 22.6 Å². The average Bonchev–Trinajstić information content (AvgIpc) is 3.30. The van der Waals surface area contributed by atoms with Gasteiger partial charge in [-0.05, 0) is 51.0 Å². The first kappa shape index (κ1) is 27.6. The van der Waals surface area contributed by atoms with Crippen LogP contribution in [0.2, 0.25) is 0 Å². The van der Waals surface area contributed by atoms with Crippen molar-refractivity contribution in [2.24, 2.45) is 0 Å². The molecule has 3 rings (SSSR count). The molecule has 0 radical (unpaired) electrons. The molecule has 0 aliphatic heterocycles. The summed E-state index contributed by atoms with van der Waals surface area (Å²) in [5.74, 6) is 0.687. The van der Waals surface area contributed by atoms with E-state index in [0.717, 1.165) is 11.3 Å². The summed E-state index contributed by atoms with van der Waals surface area (Å²) < 4.78 is 11.1. The van der Waals surface area contributed by atoms with Gasteiger partial charge in [0.2, 0.25) is 5.91 Å². The van der Waals surface area contributed by atoms with Gasteiger partial charge in [0.25, 0.3) is 11.6 Å². The second-order valence-electron chi connectivity index (χ2n) is 8.78. The maximum Gasteiger partial charge on any atom is 0.273 e. The Morgan fingerprint density at radius 3 is 2.41 bits per heavy atom. The Kier molecular flexibility index (Phi) is 9.97. The minimum atomic E-state index is -0.510. The van der Waals surface area contributed by atoms with Crippen LogP contribution in [0.15, 0.2) is 65.1 Å². The van der Waals surface area contributed by atoms with Crippen molar-refractivity contribution in [2.75, 3.05) is 26.3 Å². The molecule has 2 amide bonds. The number of ether oxygens (including phenoxy) is 1. The van der Waals surface area contributed by atoms with E-state index in [1.807, 2.05) is 56.3 Å². The van der Waals surface area contributed by atoms with Crippen molar-refractivity contribution in [1.29, 1.82) is 0 Å². The monoisotopic (exact) mass is 507 g/mol. The maximum absolute atomic E-state index is 13.6. The molecule has 0 aliphatic carbocycles. The zero-order valence-corrected chi connectivity index (χ0v) is 21.5. The standard InChI is InChI=1S/C28H33N3O6/c1-4-36-16-8-15-29(28(33)24-13-11-21(2)26(17-24)31(34)35)20-27(32)30(18-23-9-6-5-7-10-23)19-25-14-12-22(3)37-25/h5-7,9-14,17H,4,8,15-16,18-20H2,1-3H3. The fourth-order valence-electron chi connectivity index (χ4n) is 3.93. The summed E-state index contributed by atoms with van der Waals surface area (Å²) >= 11 is 0. The molecule has 1 heterocycles. The van der Waals surface area contributed by atoms with Crippen molar-refractivity contribution in [1.82, 2.24) is 9.80 Å². The molecule has 0 saturated heterocycles. The molecule has 0 saturated carbocycles. The molecule has 0 unspecified atom stereocenters. The van der Waals surface area contributed by atoms with Crippen LogP contribution < -0.4 is 0 Å². The van der Waals surface area contributed by atoms with Crippen molar-refractivity contribution < 1.29 is 23.7 Å². The van der Waals surface area contributed by atoms with Gasteiger partial charge in [-0.3, -0.25) is 19.7 Å². The van der Waals surface area contributed by atoms with Crippen LogP contribution in [0.5, 0.6) is 0 Å². The van der Waals surface area contributed by atoms with Gasteiger partial charge < -0.3 is 19.0 Å². The zero-order chi connectivity index (χ0) is 26.8. The van der Waals surface area contributed by atoms with E-state index in [2.05, 4.69) is 0 Å². The Morgan fingerprint density at radius 2 is 1.76 bits per heavy atom. The van der Waals surface area contributed by atoms with Crippen molar-refractivity contribution in [3.05, 3.63) is 99.0 Å². The zero-order valence-electron chi connectivity index (χ0n) is 21.5. The van der Waals surface area contributed by atoms with Crippen LogP contribution in [-0.4, -0.2) is 52.8 Å². The lowest BCUT2D eigenvalue weighted by Gasteiger charge is -2.27. The highest BCUT2D eigenvalue weighted by molar-refractivity contribution is 5.97. The molecular formula is C28H33N3O6. The number of rotatable bonds is 13. The molecule has 0 atom stereocenters. The molecular weight excluding hydrogens is 474 g/mol. The average molecular weight is 508 g/mol. The molecule has 3 aromatic rings. The smallest absolute Gasteiger partial charge is 0.273 e. The summed E-state index contributed by atoms with van der Waals surface area (Å²) in [6.45, 7) is 7.00. The minimum Gasteiger partial charge on any atom is -0.464 e. The van der Waals surface area contributed by atoms with E-state index in [1.165, 1.54) is 11.0 Å². The van der Waals surface area contributed by atoms with Gasteiger partial charge in [0.15, 0.2) is 0 Å². The highest BCUT2D eigenvalue weighted by atomic mass is 16.6. The second kappa shape index (κ2) is 13.4. The lowest BCUT2D eigenvalue weighted by atomic mass is 10.1. The summed E-state index contributed by atoms with van der Waals surface area (Å²) in [7, 11) is 0. The van der Waals surface area contributed by atoms with Crippen LogP contribution in [0.1, 0.15) is 46.3 Å². The topological polar surface area (TPSA) is 106 Å². The van der Waals surface area contributed by atoms with Crippen LogP contribution in [0.25, 0.3) is 0 Å². The Labute approximate surface area is 216 Å². The van der Waals surface area contributed by atoms with E-state index in [1.54, 1.807) is 24.0 Å². The van der Waals surface area contributed by atoms with Gasteiger partial charge in [-0.25, -0.2) is 0 Å². The third-order valence-electron chi connectivity index (χ3n) is 5.90. The first-order valence-electron chi connectivity index (χ1n) is 12.3. The van der Waals surface area contributed by atoms with Crippen LogP contribution in [0.4, 0.5) is 5.69 Å². The van der Waals surface area contributed by atoms with E-state index in [4.69, 9.17) is 9.15 Å². The van der Waals surface area contributed by atoms with Crippen molar-refractivity contribution in [2.45, 2.75) is 40.3 Å². The number of aryl methyl sites for hydroxylation is 2. The normalized spacial score (nSPS) is 10.8. The van der Waals surface area contributed by atoms with E-state index in [-0.39, 0.29) is 36.8 Å². The van der Waals surface area contributed by atoms with Gasteiger partial charge in [-0.2, -0.15) is 0 Å².